The Morgan fingerprint density at radius 2 is 2.32 bits per heavy atom. The zero-order valence-electron chi connectivity index (χ0n) is 11.0. The van der Waals surface area contributed by atoms with Gasteiger partial charge in [0.05, 0.1) is 5.54 Å². The highest BCUT2D eigenvalue weighted by Crippen LogP contribution is 2.26. The van der Waals surface area contributed by atoms with E-state index in [1.807, 2.05) is 19.2 Å². The van der Waals surface area contributed by atoms with E-state index in [1.54, 1.807) is 13.2 Å². The molecule has 102 valence electrons. The Kier molecular flexibility index (Phi) is 3.79. The summed E-state index contributed by atoms with van der Waals surface area (Å²) in [4.78, 5) is 20.2. The van der Waals surface area contributed by atoms with Gasteiger partial charge >= 0.3 is 6.03 Å². The maximum absolute atomic E-state index is 12.0. The summed E-state index contributed by atoms with van der Waals surface area (Å²) in [5.74, 6) is 0.398. The number of carbonyl (C=O) groups excluding carboxylic acids is 1. The molecule has 2 aromatic rings. The molecule has 2 aromatic heterocycles. The number of rotatable bonds is 4. The molecule has 1 unspecified atom stereocenters. The quantitative estimate of drug-likeness (QED) is 0.893. The van der Waals surface area contributed by atoms with Crippen molar-refractivity contribution in [3.63, 3.8) is 0 Å². The summed E-state index contributed by atoms with van der Waals surface area (Å²) in [6, 6.07) is -0.323. The fourth-order valence-corrected chi connectivity index (χ4v) is 2.41. The molecular formula is C11H16N6OS. The summed E-state index contributed by atoms with van der Waals surface area (Å²) in [7, 11) is 1.71. The average Bonchev–Trinajstić information content (AvgIpc) is 3.02. The van der Waals surface area contributed by atoms with Crippen molar-refractivity contribution in [3.8, 4) is 0 Å². The number of aromatic nitrogens is 4. The highest BCUT2D eigenvalue weighted by Gasteiger charge is 2.29. The molecule has 0 spiro atoms. The van der Waals surface area contributed by atoms with Crippen LogP contribution in [0.15, 0.2) is 17.9 Å². The fraction of sp³-hybridized carbons (Fsp3) is 0.455. The van der Waals surface area contributed by atoms with E-state index < -0.39 is 5.54 Å². The predicted molar refractivity (Wildman–Crippen MR) is 72.9 cm³/mol. The van der Waals surface area contributed by atoms with Gasteiger partial charge in [-0.2, -0.15) is 10.1 Å². The van der Waals surface area contributed by atoms with Crippen molar-refractivity contribution in [2.45, 2.75) is 25.8 Å². The Balaban J connectivity index is 2.07. The SMILES string of the molecule is CCC(C)(NC(=O)Nc1ncnn1C)c1nccs1. The van der Waals surface area contributed by atoms with Crippen LogP contribution >= 0.6 is 11.3 Å². The zero-order chi connectivity index (χ0) is 13.9. The molecular weight excluding hydrogens is 264 g/mol. The second-order valence-electron chi connectivity index (χ2n) is 4.31. The molecule has 1 atom stereocenters. The molecule has 8 heteroatoms. The monoisotopic (exact) mass is 280 g/mol. The van der Waals surface area contributed by atoms with Gasteiger partial charge < -0.3 is 5.32 Å². The van der Waals surface area contributed by atoms with E-state index in [1.165, 1.54) is 22.3 Å². The summed E-state index contributed by atoms with van der Waals surface area (Å²) in [5, 5.41) is 12.2. The summed E-state index contributed by atoms with van der Waals surface area (Å²) in [6.45, 7) is 3.95. The summed E-state index contributed by atoms with van der Waals surface area (Å²) < 4.78 is 1.49. The molecule has 0 saturated heterocycles. The topological polar surface area (TPSA) is 84.7 Å². The van der Waals surface area contributed by atoms with Crippen LogP contribution in [0.2, 0.25) is 0 Å². The number of carbonyl (C=O) groups is 1. The number of amides is 2. The molecule has 2 amide bonds. The van der Waals surface area contributed by atoms with Gasteiger partial charge in [-0.1, -0.05) is 6.92 Å². The third-order valence-corrected chi connectivity index (χ3v) is 3.97. The lowest BCUT2D eigenvalue weighted by Crippen LogP contribution is -2.45. The van der Waals surface area contributed by atoms with Crippen LogP contribution in [0.3, 0.4) is 0 Å². The maximum Gasteiger partial charge on any atom is 0.322 e. The molecule has 0 aliphatic heterocycles. The number of urea groups is 1. The van der Waals surface area contributed by atoms with Crippen LogP contribution in [0.25, 0.3) is 0 Å². The van der Waals surface area contributed by atoms with E-state index in [0.29, 0.717) is 5.95 Å². The molecule has 0 saturated carbocycles. The van der Waals surface area contributed by atoms with Gasteiger partial charge in [0.15, 0.2) is 0 Å². The Morgan fingerprint density at radius 3 is 2.84 bits per heavy atom. The third-order valence-electron chi connectivity index (χ3n) is 2.94. The average molecular weight is 280 g/mol. The van der Waals surface area contributed by atoms with Gasteiger partial charge in [-0.15, -0.1) is 11.3 Å². The smallest absolute Gasteiger partial charge is 0.322 e. The van der Waals surface area contributed by atoms with Gasteiger partial charge in [0, 0.05) is 18.6 Å². The number of hydrogen-bond donors (Lipinski definition) is 2. The van der Waals surface area contributed by atoms with Crippen LogP contribution in [-0.4, -0.2) is 25.8 Å². The van der Waals surface area contributed by atoms with Crippen LogP contribution in [-0.2, 0) is 12.6 Å². The summed E-state index contributed by atoms with van der Waals surface area (Å²) in [5.41, 5.74) is -0.489. The van der Waals surface area contributed by atoms with E-state index in [4.69, 9.17) is 0 Å². The van der Waals surface area contributed by atoms with Crippen molar-refractivity contribution >= 4 is 23.3 Å². The Morgan fingerprint density at radius 1 is 1.53 bits per heavy atom. The molecule has 2 rings (SSSR count). The minimum atomic E-state index is -0.489. The fourth-order valence-electron chi connectivity index (χ4n) is 1.58. The van der Waals surface area contributed by atoms with Gasteiger partial charge in [0.2, 0.25) is 5.95 Å². The van der Waals surface area contributed by atoms with Crippen molar-refractivity contribution in [2.75, 3.05) is 5.32 Å². The second-order valence-corrected chi connectivity index (χ2v) is 5.20. The lowest BCUT2D eigenvalue weighted by Gasteiger charge is -2.27. The molecule has 0 aromatic carbocycles. The largest absolute Gasteiger partial charge is 0.326 e. The number of nitrogens with one attached hydrogen (secondary N) is 2. The van der Waals surface area contributed by atoms with Crippen LogP contribution in [0, 0.1) is 0 Å². The first-order valence-corrected chi connectivity index (χ1v) is 6.76. The molecule has 0 radical (unpaired) electrons. The molecule has 2 heterocycles. The van der Waals surface area contributed by atoms with E-state index >= 15 is 0 Å². The lowest BCUT2D eigenvalue weighted by molar-refractivity contribution is 0.237. The van der Waals surface area contributed by atoms with Gasteiger partial charge in [0.25, 0.3) is 0 Å². The van der Waals surface area contributed by atoms with Crippen LogP contribution in [0.1, 0.15) is 25.3 Å². The van der Waals surface area contributed by atoms with E-state index in [0.717, 1.165) is 11.4 Å². The van der Waals surface area contributed by atoms with Gasteiger partial charge in [-0.3, -0.25) is 5.32 Å². The number of thiazole rings is 1. The molecule has 7 nitrogen and oxygen atoms in total. The first kappa shape index (κ1) is 13.5. The molecule has 0 aliphatic rings. The normalized spacial score (nSPS) is 13.8. The second kappa shape index (κ2) is 5.35. The van der Waals surface area contributed by atoms with E-state index in [9.17, 15) is 4.79 Å². The predicted octanol–water partition coefficient (Wildman–Crippen LogP) is 1.72. The van der Waals surface area contributed by atoms with E-state index in [2.05, 4.69) is 25.7 Å². The minimum absolute atomic E-state index is 0.323. The van der Waals surface area contributed by atoms with Crippen molar-refractivity contribution in [3.05, 3.63) is 22.9 Å². The van der Waals surface area contributed by atoms with Crippen LogP contribution in [0.5, 0.6) is 0 Å². The van der Waals surface area contributed by atoms with Crippen LogP contribution in [0.4, 0.5) is 10.7 Å². The summed E-state index contributed by atoms with van der Waals surface area (Å²) >= 11 is 1.52. The molecule has 0 aliphatic carbocycles. The van der Waals surface area contributed by atoms with Gasteiger partial charge in [0.1, 0.15) is 11.3 Å². The van der Waals surface area contributed by atoms with Crippen molar-refractivity contribution in [2.24, 2.45) is 7.05 Å². The number of nitrogens with zero attached hydrogens (tertiary/aromatic N) is 4. The van der Waals surface area contributed by atoms with Crippen molar-refractivity contribution in [1.82, 2.24) is 25.1 Å². The number of hydrogen-bond acceptors (Lipinski definition) is 5. The van der Waals surface area contributed by atoms with Gasteiger partial charge in [-0.05, 0) is 13.3 Å². The number of aryl methyl sites for hydroxylation is 1. The molecule has 2 N–H and O–H groups in total. The molecule has 19 heavy (non-hydrogen) atoms. The van der Waals surface area contributed by atoms with Crippen LogP contribution < -0.4 is 10.6 Å². The highest BCUT2D eigenvalue weighted by atomic mass is 32.1. The third kappa shape index (κ3) is 2.90. The maximum atomic E-state index is 12.0. The standard InChI is InChI=1S/C11H16N6OS/c1-4-11(2,8-12-5-6-19-8)16-10(18)15-9-13-7-14-17(9)3/h5-7H,4H2,1-3H3,(H2,13,14,15,16,18). The minimum Gasteiger partial charge on any atom is -0.326 e. The zero-order valence-corrected chi connectivity index (χ0v) is 11.9. The highest BCUT2D eigenvalue weighted by molar-refractivity contribution is 7.09. The van der Waals surface area contributed by atoms with Crippen molar-refractivity contribution < 1.29 is 4.79 Å². The van der Waals surface area contributed by atoms with E-state index in [-0.39, 0.29) is 6.03 Å². The van der Waals surface area contributed by atoms with Gasteiger partial charge in [-0.25, -0.2) is 14.5 Å². The van der Waals surface area contributed by atoms with Crippen molar-refractivity contribution in [1.29, 1.82) is 0 Å². The first-order valence-electron chi connectivity index (χ1n) is 5.88. The molecule has 0 fully saturated rings. The Labute approximate surface area is 115 Å². The Bertz CT molecular complexity index is 551. The lowest BCUT2D eigenvalue weighted by atomic mass is 10.0. The number of anilines is 1. The Hall–Kier alpha value is -1.96. The first-order chi connectivity index (χ1) is 9.05. The molecule has 0 bridgehead atoms. The summed E-state index contributed by atoms with van der Waals surface area (Å²) in [6.07, 6.45) is 3.86.